The number of amides is 1. The summed E-state index contributed by atoms with van der Waals surface area (Å²) in [5.41, 5.74) is 1.97. The van der Waals surface area contributed by atoms with Crippen molar-refractivity contribution in [2.45, 2.75) is 30.0 Å². The lowest BCUT2D eigenvalue weighted by molar-refractivity contribution is -0.132. The molecule has 1 aromatic heterocycles. The molecule has 0 radical (unpaired) electrons. The van der Waals surface area contributed by atoms with Gasteiger partial charge in [0.05, 0.1) is 31.9 Å². The quantitative estimate of drug-likeness (QED) is 0.0698. The molecule has 216 valence electrons. The second-order valence-corrected chi connectivity index (χ2v) is 11.3. The normalized spacial score (nSPS) is 16.1. The van der Waals surface area contributed by atoms with Gasteiger partial charge in [0.1, 0.15) is 11.5 Å². The van der Waals surface area contributed by atoms with Crippen molar-refractivity contribution in [2.75, 3.05) is 25.2 Å². The zero-order chi connectivity index (χ0) is 29.6. The van der Waals surface area contributed by atoms with E-state index in [2.05, 4.69) is 10.2 Å². The second kappa shape index (κ2) is 13.1. The SMILES string of the molecule is CCOc1ccc(C2/C(=C(\O)c3ccc(OC)cc3)C(=O)C(=O)N2c2nnc(SCc3ccccc3)s2)cc1OCC. The molecule has 1 unspecified atom stereocenters. The number of rotatable bonds is 11. The summed E-state index contributed by atoms with van der Waals surface area (Å²) in [7, 11) is 1.54. The minimum atomic E-state index is -0.984. The fourth-order valence-electron chi connectivity index (χ4n) is 4.56. The summed E-state index contributed by atoms with van der Waals surface area (Å²) >= 11 is 2.70. The number of nitrogens with zero attached hydrogens (tertiary/aromatic N) is 3. The predicted octanol–water partition coefficient (Wildman–Crippen LogP) is 6.26. The summed E-state index contributed by atoms with van der Waals surface area (Å²) in [5.74, 6) is 0.316. The zero-order valence-electron chi connectivity index (χ0n) is 23.3. The third-order valence-corrected chi connectivity index (χ3v) is 8.63. The van der Waals surface area contributed by atoms with Crippen molar-refractivity contribution in [3.63, 3.8) is 0 Å². The average Bonchev–Trinajstić information content (AvgIpc) is 3.59. The van der Waals surface area contributed by atoms with Gasteiger partial charge >= 0.3 is 5.91 Å². The molecule has 1 saturated heterocycles. The summed E-state index contributed by atoms with van der Waals surface area (Å²) in [6.45, 7) is 4.54. The van der Waals surface area contributed by atoms with Crippen molar-refractivity contribution >= 4 is 45.7 Å². The van der Waals surface area contributed by atoms with Gasteiger partial charge < -0.3 is 19.3 Å². The number of thioether (sulfide) groups is 1. The minimum absolute atomic E-state index is 0.0644. The van der Waals surface area contributed by atoms with Crippen LogP contribution in [0.15, 0.2) is 82.7 Å². The Balaban J connectivity index is 1.59. The minimum Gasteiger partial charge on any atom is -0.507 e. The third-order valence-electron chi connectivity index (χ3n) is 6.50. The number of hydrogen-bond donors (Lipinski definition) is 1. The Morgan fingerprint density at radius 2 is 1.67 bits per heavy atom. The van der Waals surface area contributed by atoms with Crippen molar-refractivity contribution in [2.24, 2.45) is 0 Å². The fraction of sp³-hybridized carbons (Fsp3) is 0.226. The van der Waals surface area contributed by atoms with Gasteiger partial charge in [-0.1, -0.05) is 59.5 Å². The Labute approximate surface area is 251 Å². The topological polar surface area (TPSA) is 111 Å². The van der Waals surface area contributed by atoms with Crippen molar-refractivity contribution < 1.29 is 28.9 Å². The van der Waals surface area contributed by atoms with Crippen LogP contribution in [-0.4, -0.2) is 47.3 Å². The lowest BCUT2D eigenvalue weighted by Gasteiger charge is -2.23. The molecule has 1 fully saturated rings. The maximum absolute atomic E-state index is 13.6. The highest BCUT2D eigenvalue weighted by Crippen LogP contribution is 2.45. The molecule has 0 spiro atoms. The van der Waals surface area contributed by atoms with E-state index in [1.165, 1.54) is 35.1 Å². The van der Waals surface area contributed by atoms with Gasteiger partial charge in [-0.25, -0.2) is 0 Å². The number of ether oxygens (including phenoxy) is 3. The first-order chi connectivity index (χ1) is 20.4. The van der Waals surface area contributed by atoms with Crippen LogP contribution in [0, 0.1) is 0 Å². The molecule has 4 aromatic rings. The lowest BCUT2D eigenvalue weighted by Crippen LogP contribution is -2.29. The number of methoxy groups -OCH3 is 1. The highest BCUT2D eigenvalue weighted by Gasteiger charge is 2.48. The van der Waals surface area contributed by atoms with E-state index in [1.54, 1.807) is 42.5 Å². The van der Waals surface area contributed by atoms with Crippen molar-refractivity contribution in [1.82, 2.24) is 10.2 Å². The van der Waals surface area contributed by atoms with Crippen molar-refractivity contribution in [1.29, 1.82) is 0 Å². The van der Waals surface area contributed by atoms with E-state index in [0.29, 0.717) is 51.7 Å². The van der Waals surface area contributed by atoms with Crippen LogP contribution >= 0.6 is 23.1 Å². The molecule has 0 aliphatic carbocycles. The van der Waals surface area contributed by atoms with Gasteiger partial charge in [0, 0.05) is 11.3 Å². The number of aliphatic hydroxyl groups excluding tert-OH is 1. The van der Waals surface area contributed by atoms with Crippen LogP contribution in [0.5, 0.6) is 17.2 Å². The molecule has 0 saturated carbocycles. The van der Waals surface area contributed by atoms with Crippen LogP contribution in [0.2, 0.25) is 0 Å². The van der Waals surface area contributed by atoms with Gasteiger partial charge in [-0.05, 0) is 61.4 Å². The van der Waals surface area contributed by atoms with Crippen LogP contribution < -0.4 is 19.1 Å². The largest absolute Gasteiger partial charge is 0.507 e. The van der Waals surface area contributed by atoms with Gasteiger partial charge in [-0.15, -0.1) is 10.2 Å². The fourth-order valence-corrected chi connectivity index (χ4v) is 6.39. The Morgan fingerprint density at radius 3 is 2.36 bits per heavy atom. The monoisotopic (exact) mass is 603 g/mol. The van der Waals surface area contributed by atoms with Crippen LogP contribution in [0.4, 0.5) is 5.13 Å². The summed E-state index contributed by atoms with van der Waals surface area (Å²) in [6.07, 6.45) is 0. The molecule has 42 heavy (non-hydrogen) atoms. The first kappa shape index (κ1) is 29.2. The van der Waals surface area contributed by atoms with Crippen molar-refractivity contribution in [3.05, 3.63) is 95.1 Å². The maximum Gasteiger partial charge on any atom is 0.301 e. The number of carbonyl (C=O) groups is 2. The average molecular weight is 604 g/mol. The first-order valence-electron chi connectivity index (χ1n) is 13.3. The zero-order valence-corrected chi connectivity index (χ0v) is 24.9. The highest BCUT2D eigenvalue weighted by atomic mass is 32.2. The van der Waals surface area contributed by atoms with E-state index < -0.39 is 17.7 Å². The summed E-state index contributed by atoms with van der Waals surface area (Å²) in [6, 6.07) is 20.8. The number of benzene rings is 3. The highest BCUT2D eigenvalue weighted by molar-refractivity contribution is 8.00. The van der Waals surface area contributed by atoms with E-state index in [0.717, 1.165) is 5.56 Å². The Bertz CT molecular complexity index is 1600. The van der Waals surface area contributed by atoms with Crippen molar-refractivity contribution in [3.8, 4) is 17.2 Å². The van der Waals surface area contributed by atoms with Gasteiger partial charge in [-0.2, -0.15) is 0 Å². The molecule has 3 aromatic carbocycles. The van der Waals surface area contributed by atoms with E-state index in [-0.39, 0.29) is 16.5 Å². The van der Waals surface area contributed by atoms with E-state index in [9.17, 15) is 14.7 Å². The second-order valence-electron chi connectivity index (χ2n) is 9.09. The Morgan fingerprint density at radius 1 is 0.952 bits per heavy atom. The number of ketones is 1. The van der Waals surface area contributed by atoms with Crippen LogP contribution in [0.25, 0.3) is 5.76 Å². The third kappa shape index (κ3) is 5.97. The predicted molar refractivity (Wildman–Crippen MR) is 162 cm³/mol. The molecule has 9 nitrogen and oxygen atoms in total. The van der Waals surface area contributed by atoms with E-state index in [1.807, 2.05) is 44.2 Å². The number of aliphatic hydroxyl groups is 1. The number of carbonyl (C=O) groups excluding carboxylic acids is 2. The number of hydrogen-bond acceptors (Lipinski definition) is 10. The standard InChI is InChI=1S/C31H29N3O6S2/c1-4-39-23-16-13-21(17-24(23)40-5-2)26-25(27(35)20-11-14-22(38-3)15-12-20)28(36)29(37)34(26)30-32-33-31(42-30)41-18-19-9-7-6-8-10-19/h6-17,26,35H,4-5,18H2,1-3H3/b27-25+. The number of Topliss-reactive ketones (excluding diaryl/α,β-unsaturated/α-hetero) is 1. The van der Waals surface area contributed by atoms with E-state index in [4.69, 9.17) is 14.2 Å². The maximum atomic E-state index is 13.6. The molecular weight excluding hydrogens is 574 g/mol. The molecule has 1 amide bonds. The Hall–Kier alpha value is -4.35. The number of anilines is 1. The molecule has 1 N–H and O–H groups in total. The summed E-state index contributed by atoms with van der Waals surface area (Å²) in [4.78, 5) is 28.5. The van der Waals surface area contributed by atoms with Crippen LogP contribution in [0.3, 0.4) is 0 Å². The summed E-state index contributed by atoms with van der Waals surface area (Å²) < 4.78 is 17.4. The molecule has 11 heteroatoms. The molecule has 2 heterocycles. The van der Waals surface area contributed by atoms with Crippen LogP contribution in [-0.2, 0) is 15.3 Å². The lowest BCUT2D eigenvalue weighted by atomic mass is 9.95. The van der Waals surface area contributed by atoms with Gasteiger partial charge in [0.2, 0.25) is 5.13 Å². The molecule has 1 atom stereocenters. The van der Waals surface area contributed by atoms with Gasteiger partial charge in [0.15, 0.2) is 15.8 Å². The summed E-state index contributed by atoms with van der Waals surface area (Å²) in [5, 5.41) is 20.3. The Kier molecular flexibility index (Phi) is 9.09. The molecular formula is C31H29N3O6S2. The van der Waals surface area contributed by atoms with Gasteiger partial charge in [0.25, 0.3) is 5.78 Å². The molecule has 1 aliphatic rings. The molecule has 5 rings (SSSR count). The molecule has 0 bridgehead atoms. The van der Waals surface area contributed by atoms with Crippen LogP contribution in [0.1, 0.15) is 36.6 Å². The van der Waals surface area contributed by atoms with Gasteiger partial charge in [-0.3, -0.25) is 14.5 Å². The smallest absolute Gasteiger partial charge is 0.301 e. The molecule has 1 aliphatic heterocycles. The van der Waals surface area contributed by atoms with E-state index >= 15 is 0 Å². The first-order valence-corrected chi connectivity index (χ1v) is 15.1. The number of aromatic nitrogens is 2.